The van der Waals surface area contributed by atoms with Gasteiger partial charge in [0.15, 0.2) is 0 Å². The van der Waals surface area contributed by atoms with Crippen molar-refractivity contribution in [3.8, 4) is 11.1 Å². The number of likely N-dealkylation sites (tertiary alicyclic amines) is 1. The van der Waals surface area contributed by atoms with Crippen LogP contribution in [0.1, 0.15) is 52.5 Å². The predicted molar refractivity (Wildman–Crippen MR) is 112 cm³/mol. The third-order valence-electron chi connectivity index (χ3n) is 6.30. The third-order valence-corrected chi connectivity index (χ3v) is 6.30. The summed E-state index contributed by atoms with van der Waals surface area (Å²) in [5, 5.41) is 22.4. The van der Waals surface area contributed by atoms with Crippen LogP contribution in [0.15, 0.2) is 54.6 Å². The predicted octanol–water partition coefficient (Wildman–Crippen LogP) is 4.57. The first kappa shape index (κ1) is 20.1. The SMILES string of the molecule is CC1CCCC(C)N1C(O)C(O)C(C)(C)c1ccccc1-c1ccccc1. The topological polar surface area (TPSA) is 43.7 Å². The fourth-order valence-electron chi connectivity index (χ4n) is 4.57. The Morgan fingerprint density at radius 1 is 0.889 bits per heavy atom. The number of nitrogens with zero attached hydrogens (tertiary/aromatic N) is 1. The summed E-state index contributed by atoms with van der Waals surface area (Å²) in [6, 6.07) is 19.0. The van der Waals surface area contributed by atoms with E-state index in [4.69, 9.17) is 0 Å². The van der Waals surface area contributed by atoms with E-state index in [1.807, 2.05) is 44.2 Å². The molecule has 1 heterocycles. The van der Waals surface area contributed by atoms with Crippen LogP contribution in [0, 0.1) is 0 Å². The molecule has 0 spiro atoms. The minimum absolute atomic E-state index is 0.276. The summed E-state index contributed by atoms with van der Waals surface area (Å²) in [6.45, 7) is 8.36. The average molecular weight is 368 g/mol. The Balaban J connectivity index is 1.94. The molecule has 0 aromatic heterocycles. The van der Waals surface area contributed by atoms with Crippen molar-refractivity contribution in [1.82, 2.24) is 4.90 Å². The van der Waals surface area contributed by atoms with Gasteiger partial charge in [0.05, 0.1) is 0 Å². The van der Waals surface area contributed by atoms with Crippen LogP contribution in [0.3, 0.4) is 0 Å². The van der Waals surface area contributed by atoms with Gasteiger partial charge in [-0.1, -0.05) is 74.9 Å². The Kier molecular flexibility index (Phi) is 6.05. The first-order valence-corrected chi connectivity index (χ1v) is 10.1. The Hall–Kier alpha value is -1.68. The Bertz CT molecular complexity index is 733. The molecule has 27 heavy (non-hydrogen) atoms. The molecular weight excluding hydrogens is 334 g/mol. The van der Waals surface area contributed by atoms with Gasteiger partial charge in [-0.05, 0) is 43.4 Å². The van der Waals surface area contributed by atoms with Gasteiger partial charge in [0, 0.05) is 17.5 Å². The number of hydrogen-bond donors (Lipinski definition) is 2. The Morgan fingerprint density at radius 3 is 2.07 bits per heavy atom. The molecule has 3 rings (SSSR count). The van der Waals surface area contributed by atoms with Crippen molar-refractivity contribution in [2.45, 2.75) is 76.8 Å². The maximum atomic E-state index is 11.3. The Labute approximate surface area is 163 Å². The second kappa shape index (κ2) is 8.14. The van der Waals surface area contributed by atoms with Gasteiger partial charge in [-0.2, -0.15) is 0 Å². The number of piperidine rings is 1. The molecule has 3 nitrogen and oxygen atoms in total. The second-order valence-corrected chi connectivity index (χ2v) is 8.57. The first-order valence-electron chi connectivity index (χ1n) is 10.1. The van der Waals surface area contributed by atoms with E-state index in [-0.39, 0.29) is 12.1 Å². The summed E-state index contributed by atoms with van der Waals surface area (Å²) in [6.07, 6.45) is 1.55. The van der Waals surface area contributed by atoms with Crippen LogP contribution in [0.2, 0.25) is 0 Å². The van der Waals surface area contributed by atoms with Crippen molar-refractivity contribution in [3.63, 3.8) is 0 Å². The van der Waals surface area contributed by atoms with E-state index in [2.05, 4.69) is 43.0 Å². The lowest BCUT2D eigenvalue weighted by Crippen LogP contribution is -2.58. The van der Waals surface area contributed by atoms with Gasteiger partial charge in [0.25, 0.3) is 0 Å². The summed E-state index contributed by atoms with van der Waals surface area (Å²) in [7, 11) is 0. The molecule has 1 fully saturated rings. The molecule has 4 unspecified atom stereocenters. The number of benzene rings is 2. The fraction of sp³-hybridized carbons (Fsp3) is 0.500. The molecule has 2 aromatic rings. The molecule has 146 valence electrons. The van der Waals surface area contributed by atoms with E-state index < -0.39 is 17.7 Å². The molecule has 0 aliphatic carbocycles. The number of rotatable bonds is 5. The summed E-state index contributed by atoms with van der Waals surface area (Å²) in [5.74, 6) is 0. The van der Waals surface area contributed by atoms with E-state index in [0.29, 0.717) is 0 Å². The van der Waals surface area contributed by atoms with Gasteiger partial charge in [0.1, 0.15) is 12.3 Å². The van der Waals surface area contributed by atoms with Crippen LogP contribution in [0.25, 0.3) is 11.1 Å². The standard InChI is InChI=1S/C24H33NO2/c1-17-11-10-12-18(2)25(17)23(27)22(26)24(3,4)21-16-9-8-15-20(21)19-13-6-5-7-14-19/h5-9,13-18,22-23,26-27H,10-12H2,1-4H3. The molecule has 4 atom stereocenters. The van der Waals surface area contributed by atoms with Crippen LogP contribution in [0.4, 0.5) is 0 Å². The number of aliphatic hydroxyl groups excluding tert-OH is 2. The maximum absolute atomic E-state index is 11.3. The molecule has 0 amide bonds. The van der Waals surface area contributed by atoms with Gasteiger partial charge in [-0.3, -0.25) is 4.90 Å². The van der Waals surface area contributed by atoms with E-state index in [1.54, 1.807) is 0 Å². The zero-order chi connectivity index (χ0) is 19.6. The maximum Gasteiger partial charge on any atom is 0.134 e. The highest BCUT2D eigenvalue weighted by molar-refractivity contribution is 5.68. The molecular formula is C24H33NO2. The lowest BCUT2D eigenvalue weighted by molar-refractivity contribution is -0.143. The summed E-state index contributed by atoms with van der Waals surface area (Å²) >= 11 is 0. The highest BCUT2D eigenvalue weighted by Gasteiger charge is 2.42. The summed E-state index contributed by atoms with van der Waals surface area (Å²) in [5.41, 5.74) is 2.69. The lowest BCUT2D eigenvalue weighted by Gasteiger charge is -2.46. The van der Waals surface area contributed by atoms with E-state index in [1.165, 1.54) is 6.42 Å². The molecule has 2 N–H and O–H groups in total. The number of aliphatic hydroxyl groups is 2. The van der Waals surface area contributed by atoms with Crippen LogP contribution in [-0.2, 0) is 5.41 Å². The van der Waals surface area contributed by atoms with Gasteiger partial charge >= 0.3 is 0 Å². The first-order chi connectivity index (χ1) is 12.8. The van der Waals surface area contributed by atoms with Crippen LogP contribution < -0.4 is 0 Å². The summed E-state index contributed by atoms with van der Waals surface area (Å²) in [4.78, 5) is 2.10. The van der Waals surface area contributed by atoms with Gasteiger partial charge in [0.2, 0.25) is 0 Å². The van der Waals surface area contributed by atoms with Crippen molar-refractivity contribution in [2.75, 3.05) is 0 Å². The molecule has 1 saturated heterocycles. The van der Waals surface area contributed by atoms with E-state index >= 15 is 0 Å². The highest BCUT2D eigenvalue weighted by Crippen LogP contribution is 2.38. The monoisotopic (exact) mass is 367 g/mol. The summed E-state index contributed by atoms with van der Waals surface area (Å²) < 4.78 is 0. The van der Waals surface area contributed by atoms with Crippen LogP contribution in [-0.4, -0.2) is 39.5 Å². The highest BCUT2D eigenvalue weighted by atomic mass is 16.3. The molecule has 3 heteroatoms. The molecule has 1 aliphatic heterocycles. The largest absolute Gasteiger partial charge is 0.388 e. The van der Waals surface area contributed by atoms with Gasteiger partial charge < -0.3 is 10.2 Å². The van der Waals surface area contributed by atoms with Crippen LogP contribution in [0.5, 0.6) is 0 Å². The van der Waals surface area contributed by atoms with Crippen molar-refractivity contribution >= 4 is 0 Å². The van der Waals surface area contributed by atoms with Crippen molar-refractivity contribution < 1.29 is 10.2 Å². The molecule has 0 saturated carbocycles. The van der Waals surface area contributed by atoms with E-state index in [9.17, 15) is 10.2 Å². The van der Waals surface area contributed by atoms with Crippen LogP contribution >= 0.6 is 0 Å². The van der Waals surface area contributed by atoms with Crippen molar-refractivity contribution in [3.05, 3.63) is 60.2 Å². The smallest absolute Gasteiger partial charge is 0.134 e. The molecule has 0 radical (unpaired) electrons. The quantitative estimate of drug-likeness (QED) is 0.813. The van der Waals surface area contributed by atoms with Crippen molar-refractivity contribution in [1.29, 1.82) is 0 Å². The number of hydrogen-bond acceptors (Lipinski definition) is 3. The van der Waals surface area contributed by atoms with E-state index in [0.717, 1.165) is 29.5 Å². The molecule has 2 aromatic carbocycles. The van der Waals surface area contributed by atoms with Crippen molar-refractivity contribution in [2.24, 2.45) is 0 Å². The fourth-order valence-corrected chi connectivity index (χ4v) is 4.57. The Morgan fingerprint density at radius 2 is 1.44 bits per heavy atom. The third kappa shape index (κ3) is 3.96. The molecule has 0 bridgehead atoms. The zero-order valence-corrected chi connectivity index (χ0v) is 17.0. The van der Waals surface area contributed by atoms with Gasteiger partial charge in [-0.25, -0.2) is 0 Å². The molecule has 1 aliphatic rings. The zero-order valence-electron chi connectivity index (χ0n) is 17.0. The normalized spacial score (nSPS) is 23.8. The minimum atomic E-state index is -0.884. The van der Waals surface area contributed by atoms with Gasteiger partial charge in [-0.15, -0.1) is 0 Å². The minimum Gasteiger partial charge on any atom is -0.388 e. The average Bonchev–Trinajstić information content (AvgIpc) is 2.67. The lowest BCUT2D eigenvalue weighted by atomic mass is 9.74. The second-order valence-electron chi connectivity index (χ2n) is 8.57.